The van der Waals surface area contributed by atoms with E-state index in [9.17, 15) is 0 Å². The van der Waals surface area contributed by atoms with Crippen LogP contribution in [0.3, 0.4) is 0 Å². The maximum atomic E-state index is 6.23. The first-order chi connectivity index (χ1) is 14.6. The fourth-order valence-electron chi connectivity index (χ4n) is 4.07. The molecule has 3 aliphatic heterocycles. The lowest BCUT2D eigenvalue weighted by Crippen LogP contribution is -2.46. The average molecular weight is 403 g/mol. The molecule has 0 amide bonds. The number of aryl methyl sites for hydroxylation is 1. The molecule has 1 aromatic rings. The molecule has 3 aliphatic rings. The number of likely N-dealkylation sites (tertiary alicyclic amines) is 1. The van der Waals surface area contributed by atoms with Crippen molar-refractivity contribution in [2.24, 2.45) is 15.7 Å². The highest BCUT2D eigenvalue weighted by atomic mass is 15.7. The molecule has 0 aliphatic carbocycles. The van der Waals surface area contributed by atoms with Gasteiger partial charge in [0.25, 0.3) is 0 Å². The molecule has 30 heavy (non-hydrogen) atoms. The second-order valence-corrected chi connectivity index (χ2v) is 7.93. The zero-order chi connectivity index (χ0) is 21.1. The van der Waals surface area contributed by atoms with Crippen LogP contribution in [0.25, 0.3) is 5.70 Å². The summed E-state index contributed by atoms with van der Waals surface area (Å²) in [4.78, 5) is 11.8. The molecule has 3 heterocycles. The zero-order valence-corrected chi connectivity index (χ0v) is 17.8. The topological polar surface area (TPSA) is 60.5 Å². The number of fused-ring (bicyclic) bond motifs is 1. The third kappa shape index (κ3) is 4.09. The molecule has 0 spiro atoms. The molecule has 0 aromatic heterocycles. The lowest BCUT2D eigenvalue weighted by Gasteiger charge is -2.41. The summed E-state index contributed by atoms with van der Waals surface area (Å²) in [5, 5.41) is 4.34. The molecule has 6 nitrogen and oxygen atoms in total. The van der Waals surface area contributed by atoms with Crippen molar-refractivity contribution in [2.75, 3.05) is 20.1 Å². The van der Waals surface area contributed by atoms with E-state index in [1.807, 2.05) is 24.3 Å². The number of nitrogens with zero attached hydrogens (tertiary/aromatic N) is 5. The van der Waals surface area contributed by atoms with Gasteiger partial charge in [0.2, 0.25) is 0 Å². The average Bonchev–Trinajstić information content (AvgIpc) is 3.09. The Morgan fingerprint density at radius 2 is 2.07 bits per heavy atom. The summed E-state index contributed by atoms with van der Waals surface area (Å²) in [6.45, 7) is 8.13. The van der Waals surface area contributed by atoms with Gasteiger partial charge >= 0.3 is 0 Å². The normalized spacial score (nSPS) is 22.7. The summed E-state index contributed by atoms with van der Waals surface area (Å²) in [7, 11) is 2.07. The lowest BCUT2D eigenvalue weighted by molar-refractivity contribution is 0.0406. The van der Waals surface area contributed by atoms with E-state index in [4.69, 9.17) is 10.7 Å². The van der Waals surface area contributed by atoms with Crippen LogP contribution < -0.4 is 5.73 Å². The highest BCUT2D eigenvalue weighted by Crippen LogP contribution is 2.33. The van der Waals surface area contributed by atoms with Crippen molar-refractivity contribution in [1.82, 2.24) is 14.9 Å². The van der Waals surface area contributed by atoms with Gasteiger partial charge in [-0.2, -0.15) is 0 Å². The Labute approximate surface area is 179 Å². The molecule has 4 rings (SSSR count). The van der Waals surface area contributed by atoms with Gasteiger partial charge in [-0.15, -0.1) is 6.58 Å². The number of piperidine rings is 1. The summed E-state index contributed by atoms with van der Waals surface area (Å²) in [6.07, 6.45) is 13.4. The van der Waals surface area contributed by atoms with Crippen LogP contribution in [0, 0.1) is 6.92 Å². The van der Waals surface area contributed by atoms with Gasteiger partial charge in [0.15, 0.2) is 5.84 Å². The molecule has 1 fully saturated rings. The predicted octanol–water partition coefficient (Wildman–Crippen LogP) is 3.66. The Balaban J connectivity index is 1.61. The number of amidine groups is 1. The van der Waals surface area contributed by atoms with Gasteiger partial charge < -0.3 is 10.6 Å². The minimum atomic E-state index is 0.122. The minimum Gasteiger partial charge on any atom is -0.398 e. The van der Waals surface area contributed by atoms with Gasteiger partial charge in [0.05, 0.1) is 6.04 Å². The quantitative estimate of drug-likeness (QED) is 0.617. The molecule has 1 unspecified atom stereocenters. The smallest absolute Gasteiger partial charge is 0.157 e. The highest BCUT2D eigenvalue weighted by Gasteiger charge is 2.35. The van der Waals surface area contributed by atoms with Crippen molar-refractivity contribution in [1.29, 1.82) is 0 Å². The van der Waals surface area contributed by atoms with E-state index in [-0.39, 0.29) is 6.04 Å². The van der Waals surface area contributed by atoms with Gasteiger partial charge in [-0.1, -0.05) is 29.8 Å². The molecule has 2 N–H and O–H groups in total. The first kappa shape index (κ1) is 20.2. The number of hydrazine groups is 1. The summed E-state index contributed by atoms with van der Waals surface area (Å²) in [5.74, 6) is 2.71. The fraction of sp³-hybridized carbons (Fsp3) is 0.333. The summed E-state index contributed by atoms with van der Waals surface area (Å²) in [5.41, 5.74) is 9.10. The van der Waals surface area contributed by atoms with Crippen LogP contribution in [0.1, 0.15) is 30.4 Å². The Bertz CT molecular complexity index is 962. The summed E-state index contributed by atoms with van der Waals surface area (Å²) in [6, 6.07) is 8.26. The van der Waals surface area contributed by atoms with Crippen LogP contribution in [0.5, 0.6) is 0 Å². The van der Waals surface area contributed by atoms with E-state index in [2.05, 4.69) is 64.7 Å². The van der Waals surface area contributed by atoms with Crippen molar-refractivity contribution in [3.05, 3.63) is 77.9 Å². The molecule has 0 radical (unpaired) electrons. The van der Waals surface area contributed by atoms with Crippen LogP contribution in [0.15, 0.2) is 76.8 Å². The number of hydrogen-bond acceptors (Lipinski definition) is 6. The number of hydrogen-bond donors (Lipinski definition) is 1. The minimum absolute atomic E-state index is 0.122. The molecule has 6 heteroatoms. The Morgan fingerprint density at radius 3 is 2.80 bits per heavy atom. The third-order valence-electron chi connectivity index (χ3n) is 5.72. The molecule has 156 valence electrons. The second kappa shape index (κ2) is 8.71. The van der Waals surface area contributed by atoms with E-state index in [0.29, 0.717) is 11.5 Å². The van der Waals surface area contributed by atoms with Crippen molar-refractivity contribution < 1.29 is 0 Å². The molecule has 1 atom stereocenters. The van der Waals surface area contributed by atoms with Crippen LogP contribution in [0.2, 0.25) is 0 Å². The second-order valence-electron chi connectivity index (χ2n) is 7.93. The summed E-state index contributed by atoms with van der Waals surface area (Å²) < 4.78 is 0. The third-order valence-corrected chi connectivity index (χ3v) is 5.72. The van der Waals surface area contributed by atoms with Crippen molar-refractivity contribution in [3.8, 4) is 0 Å². The molecule has 0 saturated carbocycles. The number of allylic oxidation sites excluding steroid dienone is 1. The van der Waals surface area contributed by atoms with Crippen LogP contribution >= 0.6 is 0 Å². The molecule has 1 aromatic carbocycles. The van der Waals surface area contributed by atoms with Gasteiger partial charge in [-0.05, 0) is 50.0 Å². The maximum Gasteiger partial charge on any atom is 0.157 e. The zero-order valence-electron chi connectivity index (χ0n) is 17.8. The molecule has 1 saturated heterocycles. The van der Waals surface area contributed by atoms with Crippen LogP contribution in [-0.4, -0.2) is 53.1 Å². The first-order valence-electron chi connectivity index (χ1n) is 10.6. The number of nitrogens with two attached hydrogens (primary N) is 1. The predicted molar refractivity (Wildman–Crippen MR) is 124 cm³/mol. The Hall–Kier alpha value is -3.12. The first-order valence-corrected chi connectivity index (χ1v) is 10.6. The highest BCUT2D eigenvalue weighted by molar-refractivity contribution is 6.02. The van der Waals surface area contributed by atoms with Gasteiger partial charge in [-0.25, -0.2) is 20.0 Å². The van der Waals surface area contributed by atoms with Crippen LogP contribution in [0.4, 0.5) is 0 Å². The lowest BCUT2D eigenvalue weighted by atomic mass is 10.1. The monoisotopic (exact) mass is 402 g/mol. The SMILES string of the molecule is C=CC1C=C2N=C(N=CC=C(N)c3cccc(C)c3)C=C(N3CCCCC3)N2N1C. The van der Waals surface area contributed by atoms with Gasteiger partial charge in [0.1, 0.15) is 11.6 Å². The number of benzene rings is 1. The van der Waals surface area contributed by atoms with Gasteiger partial charge in [0, 0.05) is 38.1 Å². The van der Waals surface area contributed by atoms with Crippen molar-refractivity contribution in [3.63, 3.8) is 0 Å². The van der Waals surface area contributed by atoms with Crippen LogP contribution in [-0.2, 0) is 0 Å². The van der Waals surface area contributed by atoms with Crippen molar-refractivity contribution >= 4 is 17.7 Å². The molecular formula is C24H30N6. The van der Waals surface area contributed by atoms with Gasteiger partial charge in [-0.3, -0.25) is 0 Å². The van der Waals surface area contributed by atoms with E-state index >= 15 is 0 Å². The molecular weight excluding hydrogens is 372 g/mol. The van der Waals surface area contributed by atoms with E-state index in [0.717, 1.165) is 30.3 Å². The largest absolute Gasteiger partial charge is 0.398 e. The molecule has 0 bridgehead atoms. The van der Waals surface area contributed by atoms with E-state index < -0.39 is 0 Å². The Kier molecular flexibility index (Phi) is 5.86. The standard InChI is InChI=1S/C24H30N6/c1-4-20-16-23-27-22(26-12-11-21(25)19-10-8-9-18(2)15-19)17-24(30(23)28(20)3)29-13-6-5-7-14-29/h4,8-12,15-17,20H,1,5-7,13-14,25H2,2-3H3. The number of likely N-dealkylation sites (N-methyl/N-ethyl adjacent to an activating group) is 1. The van der Waals surface area contributed by atoms with Crippen molar-refractivity contribution in [2.45, 2.75) is 32.2 Å². The van der Waals surface area contributed by atoms with E-state index in [1.54, 1.807) is 6.21 Å². The Morgan fingerprint density at radius 1 is 1.27 bits per heavy atom. The number of aliphatic imine (C=N–C) groups is 2. The number of rotatable bonds is 4. The van der Waals surface area contributed by atoms with E-state index in [1.165, 1.54) is 24.8 Å². The maximum absolute atomic E-state index is 6.23. The fourth-order valence-corrected chi connectivity index (χ4v) is 4.07. The summed E-state index contributed by atoms with van der Waals surface area (Å²) >= 11 is 0.